The summed E-state index contributed by atoms with van der Waals surface area (Å²) >= 11 is 0. The molecular weight excluding hydrogens is 198 g/mol. The van der Waals surface area contributed by atoms with E-state index in [1.54, 1.807) is 13.0 Å². The summed E-state index contributed by atoms with van der Waals surface area (Å²) in [5.41, 5.74) is 0. The Labute approximate surface area is 89.3 Å². The Morgan fingerprint density at radius 1 is 1.47 bits per heavy atom. The topological polar surface area (TPSA) is 66.8 Å². The third-order valence-corrected chi connectivity index (χ3v) is 1.56. The highest BCUT2D eigenvalue weighted by Crippen LogP contribution is 2.00. The number of hydrogen-bond acceptors (Lipinski definition) is 3. The van der Waals surface area contributed by atoms with Gasteiger partial charge >= 0.3 is 12.1 Å². The summed E-state index contributed by atoms with van der Waals surface area (Å²) in [6, 6.07) is 0. The number of nitrogens with zero attached hydrogens (tertiary/aromatic N) is 1. The number of allylic oxidation sites excluding steroid dienone is 1. The van der Waals surface area contributed by atoms with Gasteiger partial charge in [-0.25, -0.2) is 9.59 Å². The minimum atomic E-state index is -1.27. The van der Waals surface area contributed by atoms with E-state index in [-0.39, 0.29) is 6.54 Å². The predicted molar refractivity (Wildman–Crippen MR) is 55.1 cm³/mol. The second-order valence-corrected chi connectivity index (χ2v) is 3.42. The first kappa shape index (κ1) is 13.5. The van der Waals surface area contributed by atoms with Gasteiger partial charge in [-0.3, -0.25) is 0 Å². The van der Waals surface area contributed by atoms with E-state index >= 15 is 0 Å². The molecule has 0 spiro atoms. The zero-order valence-electron chi connectivity index (χ0n) is 9.27. The molecule has 1 N–H and O–H groups in total. The van der Waals surface area contributed by atoms with Crippen molar-refractivity contribution in [2.45, 2.75) is 27.2 Å². The maximum atomic E-state index is 11.1. The molecule has 0 bridgehead atoms. The van der Waals surface area contributed by atoms with Gasteiger partial charge in [0.2, 0.25) is 0 Å². The highest BCUT2D eigenvalue weighted by molar-refractivity contribution is 5.82. The van der Waals surface area contributed by atoms with E-state index in [0.717, 1.165) is 6.42 Å². The minimum absolute atomic E-state index is 0.110. The number of carboxylic acid groups (broad SMARTS) is 1. The van der Waals surface area contributed by atoms with Crippen molar-refractivity contribution in [1.82, 2.24) is 5.06 Å². The smallest absolute Gasteiger partial charge is 0.440 e. The number of amides is 1. The molecule has 1 amide bonds. The zero-order valence-corrected chi connectivity index (χ0v) is 9.27. The van der Waals surface area contributed by atoms with E-state index in [9.17, 15) is 9.59 Å². The first-order valence-corrected chi connectivity index (χ1v) is 4.86. The molecule has 86 valence electrons. The van der Waals surface area contributed by atoms with Crippen LogP contribution in [0.4, 0.5) is 4.79 Å². The quantitative estimate of drug-likeness (QED) is 0.575. The van der Waals surface area contributed by atoms with Gasteiger partial charge in [0.1, 0.15) is 0 Å². The van der Waals surface area contributed by atoms with Crippen LogP contribution in [-0.4, -0.2) is 28.8 Å². The van der Waals surface area contributed by atoms with Crippen LogP contribution in [0.3, 0.4) is 0 Å². The van der Waals surface area contributed by atoms with Crippen molar-refractivity contribution >= 4 is 12.1 Å². The second kappa shape index (κ2) is 6.86. The average molecular weight is 215 g/mol. The van der Waals surface area contributed by atoms with E-state index < -0.39 is 12.1 Å². The molecule has 5 nitrogen and oxygen atoms in total. The molecule has 0 aliphatic heterocycles. The van der Waals surface area contributed by atoms with E-state index in [1.807, 2.05) is 13.8 Å². The Morgan fingerprint density at radius 2 is 2.07 bits per heavy atom. The van der Waals surface area contributed by atoms with Gasteiger partial charge in [0.15, 0.2) is 0 Å². The second-order valence-electron chi connectivity index (χ2n) is 3.42. The van der Waals surface area contributed by atoms with Crippen molar-refractivity contribution in [2.75, 3.05) is 6.54 Å². The Morgan fingerprint density at radius 3 is 2.47 bits per heavy atom. The van der Waals surface area contributed by atoms with Crippen LogP contribution >= 0.6 is 0 Å². The number of carbonyl (C=O) groups excluding carboxylic acids is 1. The first-order valence-electron chi connectivity index (χ1n) is 4.86. The fourth-order valence-corrected chi connectivity index (χ4v) is 0.814. The van der Waals surface area contributed by atoms with Gasteiger partial charge in [-0.2, -0.15) is 0 Å². The Balaban J connectivity index is 4.01. The monoisotopic (exact) mass is 215 g/mol. The molecule has 0 radical (unpaired) electrons. The molecule has 0 aliphatic rings. The summed E-state index contributed by atoms with van der Waals surface area (Å²) in [7, 11) is 0. The zero-order chi connectivity index (χ0) is 11.8. The third kappa shape index (κ3) is 6.54. The van der Waals surface area contributed by atoms with Gasteiger partial charge in [-0.15, -0.1) is 5.06 Å². The van der Waals surface area contributed by atoms with Gasteiger partial charge in [-0.05, 0) is 19.3 Å². The lowest BCUT2D eigenvalue weighted by atomic mass is 10.1. The van der Waals surface area contributed by atoms with Crippen LogP contribution in [0, 0.1) is 5.92 Å². The van der Waals surface area contributed by atoms with Crippen molar-refractivity contribution in [3.63, 3.8) is 0 Å². The predicted octanol–water partition coefficient (Wildman–Crippen LogP) is 2.05. The summed E-state index contributed by atoms with van der Waals surface area (Å²) in [5.74, 6) is -0.212. The van der Waals surface area contributed by atoms with Gasteiger partial charge in [0.05, 0.1) is 6.54 Å². The van der Waals surface area contributed by atoms with E-state index in [1.165, 1.54) is 6.08 Å². The largest absolute Gasteiger partial charge is 0.463 e. The van der Waals surface area contributed by atoms with Gasteiger partial charge in [-0.1, -0.05) is 19.9 Å². The molecule has 0 rings (SSSR count). The Bertz CT molecular complexity index is 248. The van der Waals surface area contributed by atoms with E-state index in [2.05, 4.69) is 4.84 Å². The Hall–Kier alpha value is -1.52. The van der Waals surface area contributed by atoms with Crippen molar-refractivity contribution in [3.05, 3.63) is 12.2 Å². The van der Waals surface area contributed by atoms with Gasteiger partial charge in [0, 0.05) is 6.08 Å². The highest BCUT2D eigenvalue weighted by atomic mass is 16.7. The van der Waals surface area contributed by atoms with Crippen LogP contribution in [-0.2, 0) is 9.63 Å². The van der Waals surface area contributed by atoms with Crippen molar-refractivity contribution in [3.8, 4) is 0 Å². The molecule has 0 saturated carbocycles. The summed E-state index contributed by atoms with van der Waals surface area (Å²) in [5, 5.41) is 9.15. The number of rotatable bonds is 4. The lowest BCUT2D eigenvalue weighted by Crippen LogP contribution is -2.31. The molecule has 0 fully saturated rings. The molecule has 0 aromatic carbocycles. The van der Waals surface area contributed by atoms with Crippen LogP contribution in [0.5, 0.6) is 0 Å². The van der Waals surface area contributed by atoms with Crippen molar-refractivity contribution < 1.29 is 19.5 Å². The SMILES string of the molecule is CCN(OC(=O)C=CCC(C)C)C(=O)O. The molecule has 0 atom stereocenters. The third-order valence-electron chi connectivity index (χ3n) is 1.56. The van der Waals surface area contributed by atoms with Gasteiger partial charge < -0.3 is 9.94 Å². The molecule has 0 saturated heterocycles. The summed E-state index contributed by atoms with van der Waals surface area (Å²) < 4.78 is 0. The lowest BCUT2D eigenvalue weighted by Gasteiger charge is -2.13. The van der Waals surface area contributed by atoms with Crippen molar-refractivity contribution in [2.24, 2.45) is 5.92 Å². The molecular formula is C10H17NO4. The highest BCUT2D eigenvalue weighted by Gasteiger charge is 2.13. The molecule has 0 aromatic heterocycles. The van der Waals surface area contributed by atoms with Crippen LogP contribution < -0.4 is 0 Å². The Kier molecular flexibility index (Phi) is 6.17. The van der Waals surface area contributed by atoms with Crippen LogP contribution in [0.25, 0.3) is 0 Å². The molecule has 0 aliphatic carbocycles. The number of hydroxylamine groups is 2. The van der Waals surface area contributed by atoms with E-state index in [4.69, 9.17) is 5.11 Å². The maximum Gasteiger partial charge on any atom is 0.440 e. The van der Waals surface area contributed by atoms with Crippen LogP contribution in [0.1, 0.15) is 27.2 Å². The van der Waals surface area contributed by atoms with Gasteiger partial charge in [0.25, 0.3) is 0 Å². The number of hydrogen-bond donors (Lipinski definition) is 1. The first-order chi connectivity index (χ1) is 6.97. The summed E-state index contributed by atoms with van der Waals surface area (Å²) in [4.78, 5) is 26.1. The maximum absolute atomic E-state index is 11.1. The minimum Gasteiger partial charge on any atom is -0.463 e. The fourth-order valence-electron chi connectivity index (χ4n) is 0.814. The normalized spacial score (nSPS) is 10.7. The fraction of sp³-hybridized carbons (Fsp3) is 0.600. The lowest BCUT2D eigenvalue weighted by molar-refractivity contribution is -0.173. The van der Waals surface area contributed by atoms with Crippen molar-refractivity contribution in [1.29, 1.82) is 0 Å². The number of carbonyl (C=O) groups is 2. The molecule has 0 unspecified atom stereocenters. The molecule has 15 heavy (non-hydrogen) atoms. The molecule has 5 heteroatoms. The molecule has 0 heterocycles. The van der Waals surface area contributed by atoms with Crippen LogP contribution in [0.2, 0.25) is 0 Å². The van der Waals surface area contributed by atoms with E-state index in [0.29, 0.717) is 11.0 Å². The standard InChI is InChI=1S/C10H17NO4/c1-4-11(10(13)14)15-9(12)7-5-6-8(2)3/h5,7-8H,4,6H2,1-3H3,(H,13,14). The summed E-state index contributed by atoms with van der Waals surface area (Å²) in [6.07, 6.45) is 2.39. The van der Waals surface area contributed by atoms with Crippen LogP contribution in [0.15, 0.2) is 12.2 Å². The summed E-state index contributed by atoms with van der Waals surface area (Å²) in [6.45, 7) is 5.73. The average Bonchev–Trinajstić information content (AvgIpc) is 2.13. The molecule has 0 aromatic rings.